The number of nitrogens with one attached hydrogen (secondary N) is 2. The van der Waals surface area contributed by atoms with Crippen LogP contribution in [0.1, 0.15) is 55.1 Å². The largest absolute Gasteiger partial charge is 0.463 e. The molecular formula is C26H32N8O. The van der Waals surface area contributed by atoms with Crippen LogP contribution in [0.15, 0.2) is 48.3 Å². The van der Waals surface area contributed by atoms with Crippen molar-refractivity contribution in [2.75, 3.05) is 30.0 Å². The molecule has 4 rings (SSSR count). The SMILES string of the molecule is C=Cc1[nH]cc(/C=N/Nc2nc(OCCc3ccccn3)nc(N3CCCCC3)n2)c1/C=C\CC. The van der Waals surface area contributed by atoms with Crippen LogP contribution in [0.4, 0.5) is 11.9 Å². The molecule has 0 atom stereocenters. The van der Waals surface area contributed by atoms with Gasteiger partial charge in [-0.05, 0) is 43.9 Å². The highest BCUT2D eigenvalue weighted by atomic mass is 16.5. The molecule has 9 heteroatoms. The van der Waals surface area contributed by atoms with Gasteiger partial charge in [-0.25, -0.2) is 5.43 Å². The lowest BCUT2D eigenvalue weighted by Crippen LogP contribution is -2.31. The predicted octanol–water partition coefficient (Wildman–Crippen LogP) is 4.72. The Morgan fingerprint density at radius 1 is 1.20 bits per heavy atom. The van der Waals surface area contributed by atoms with Gasteiger partial charge in [0.05, 0.1) is 12.8 Å². The molecule has 1 saturated heterocycles. The van der Waals surface area contributed by atoms with Crippen molar-refractivity contribution < 1.29 is 4.74 Å². The molecule has 3 aromatic rings. The topological polar surface area (TPSA) is 104 Å². The highest BCUT2D eigenvalue weighted by molar-refractivity contribution is 5.88. The molecule has 0 radical (unpaired) electrons. The van der Waals surface area contributed by atoms with E-state index in [0.717, 1.165) is 54.9 Å². The number of aromatic amines is 1. The molecule has 0 spiro atoms. The van der Waals surface area contributed by atoms with Crippen LogP contribution >= 0.6 is 0 Å². The van der Waals surface area contributed by atoms with Crippen molar-refractivity contribution in [1.82, 2.24) is 24.9 Å². The zero-order chi connectivity index (χ0) is 24.3. The number of piperidine rings is 1. The fourth-order valence-electron chi connectivity index (χ4n) is 3.81. The van der Waals surface area contributed by atoms with Gasteiger partial charge in [0.2, 0.25) is 5.95 Å². The van der Waals surface area contributed by atoms with Crippen molar-refractivity contribution in [1.29, 1.82) is 0 Å². The van der Waals surface area contributed by atoms with Crippen LogP contribution in [0.2, 0.25) is 0 Å². The fourth-order valence-corrected chi connectivity index (χ4v) is 3.81. The van der Waals surface area contributed by atoms with Gasteiger partial charge in [0.1, 0.15) is 0 Å². The van der Waals surface area contributed by atoms with Crippen molar-refractivity contribution in [2.24, 2.45) is 5.10 Å². The molecule has 0 amide bonds. The highest BCUT2D eigenvalue weighted by Gasteiger charge is 2.17. The molecule has 9 nitrogen and oxygen atoms in total. The first-order valence-corrected chi connectivity index (χ1v) is 12.1. The zero-order valence-corrected chi connectivity index (χ0v) is 20.2. The fraction of sp³-hybridized carbons (Fsp3) is 0.346. The van der Waals surface area contributed by atoms with E-state index >= 15 is 0 Å². The summed E-state index contributed by atoms with van der Waals surface area (Å²) in [6, 6.07) is 6.11. The van der Waals surface area contributed by atoms with Crippen LogP contribution in [0.25, 0.3) is 12.2 Å². The van der Waals surface area contributed by atoms with Crippen molar-refractivity contribution in [3.63, 3.8) is 0 Å². The Hall–Kier alpha value is -4.01. The first-order valence-electron chi connectivity index (χ1n) is 12.1. The summed E-state index contributed by atoms with van der Waals surface area (Å²) in [5.41, 5.74) is 6.84. The van der Waals surface area contributed by atoms with Crippen LogP contribution in [-0.4, -0.2) is 50.8 Å². The number of hydrazone groups is 1. The van der Waals surface area contributed by atoms with Crippen LogP contribution in [0.5, 0.6) is 6.01 Å². The van der Waals surface area contributed by atoms with Gasteiger partial charge < -0.3 is 14.6 Å². The second-order valence-electron chi connectivity index (χ2n) is 8.16. The smallest absolute Gasteiger partial charge is 0.323 e. The van der Waals surface area contributed by atoms with Crippen LogP contribution in [-0.2, 0) is 6.42 Å². The van der Waals surface area contributed by atoms with Gasteiger partial charge >= 0.3 is 6.01 Å². The Balaban J connectivity index is 1.49. The van der Waals surface area contributed by atoms with E-state index in [4.69, 9.17) is 4.74 Å². The van der Waals surface area contributed by atoms with E-state index in [9.17, 15) is 0 Å². The Kier molecular flexibility index (Phi) is 8.58. The third kappa shape index (κ3) is 6.75. The van der Waals surface area contributed by atoms with E-state index in [-0.39, 0.29) is 6.01 Å². The van der Waals surface area contributed by atoms with E-state index in [0.29, 0.717) is 24.9 Å². The first kappa shape index (κ1) is 24.1. The lowest BCUT2D eigenvalue weighted by atomic mass is 10.1. The minimum Gasteiger partial charge on any atom is -0.463 e. The number of pyridine rings is 1. The van der Waals surface area contributed by atoms with Gasteiger partial charge in [0.15, 0.2) is 0 Å². The predicted molar refractivity (Wildman–Crippen MR) is 141 cm³/mol. The van der Waals surface area contributed by atoms with Gasteiger partial charge in [0, 0.05) is 54.4 Å². The van der Waals surface area contributed by atoms with Gasteiger partial charge in [-0.15, -0.1) is 0 Å². The normalized spacial score (nSPS) is 14.0. The van der Waals surface area contributed by atoms with Gasteiger partial charge in [-0.3, -0.25) is 4.98 Å². The first-order chi connectivity index (χ1) is 17.3. The summed E-state index contributed by atoms with van der Waals surface area (Å²) in [6.45, 7) is 8.23. The highest BCUT2D eigenvalue weighted by Crippen LogP contribution is 2.20. The second kappa shape index (κ2) is 12.5. The van der Waals surface area contributed by atoms with E-state index in [1.165, 1.54) is 6.42 Å². The summed E-state index contributed by atoms with van der Waals surface area (Å²) in [7, 11) is 0. The maximum absolute atomic E-state index is 5.88. The molecule has 0 aromatic carbocycles. The van der Waals surface area contributed by atoms with E-state index in [1.807, 2.05) is 24.4 Å². The maximum Gasteiger partial charge on any atom is 0.323 e. The number of anilines is 2. The van der Waals surface area contributed by atoms with Gasteiger partial charge in [0.25, 0.3) is 5.95 Å². The molecule has 1 aliphatic rings. The molecule has 0 unspecified atom stereocenters. The molecule has 3 aromatic heterocycles. The Bertz CT molecular complexity index is 1150. The monoisotopic (exact) mass is 472 g/mol. The number of ether oxygens (including phenoxy) is 1. The van der Waals surface area contributed by atoms with Crippen molar-refractivity contribution in [3.05, 3.63) is 65.8 Å². The molecule has 2 N–H and O–H groups in total. The lowest BCUT2D eigenvalue weighted by Gasteiger charge is -2.26. The van der Waals surface area contributed by atoms with E-state index in [2.05, 4.69) is 66.0 Å². The van der Waals surface area contributed by atoms with Gasteiger partial charge in [-0.2, -0.15) is 20.1 Å². The van der Waals surface area contributed by atoms with Crippen molar-refractivity contribution >= 4 is 30.3 Å². The molecule has 0 aliphatic carbocycles. The van der Waals surface area contributed by atoms with Crippen molar-refractivity contribution in [2.45, 2.75) is 39.0 Å². The average molecular weight is 473 g/mol. The Morgan fingerprint density at radius 2 is 2.09 bits per heavy atom. The minimum atomic E-state index is 0.274. The number of aromatic nitrogens is 5. The Labute approximate surface area is 206 Å². The molecule has 1 fully saturated rings. The zero-order valence-electron chi connectivity index (χ0n) is 20.2. The Morgan fingerprint density at radius 3 is 2.86 bits per heavy atom. The number of rotatable bonds is 11. The van der Waals surface area contributed by atoms with Crippen LogP contribution < -0.4 is 15.1 Å². The summed E-state index contributed by atoms with van der Waals surface area (Å²) >= 11 is 0. The van der Waals surface area contributed by atoms with E-state index < -0.39 is 0 Å². The average Bonchev–Trinajstić information content (AvgIpc) is 3.30. The molecule has 4 heterocycles. The minimum absolute atomic E-state index is 0.274. The maximum atomic E-state index is 5.88. The van der Waals surface area contributed by atoms with Crippen LogP contribution in [0.3, 0.4) is 0 Å². The van der Waals surface area contributed by atoms with E-state index in [1.54, 1.807) is 18.5 Å². The molecule has 182 valence electrons. The summed E-state index contributed by atoms with van der Waals surface area (Å²) in [6.07, 6.45) is 16.5. The number of hydrogen-bond donors (Lipinski definition) is 2. The number of nitrogens with zero attached hydrogens (tertiary/aromatic N) is 6. The third-order valence-corrected chi connectivity index (χ3v) is 5.63. The molecular weight excluding hydrogens is 440 g/mol. The standard InChI is InChI=1S/C26H32N8O/c1-3-5-12-22-20(18-28-23(22)4-2)19-29-33-24-30-25(34-15-9-6-10-16-34)32-26(31-24)35-17-13-21-11-7-8-14-27-21/h4-5,7-8,11-12,14,18-19,28H,2-3,6,9-10,13,15-17H2,1H3,(H,30,31,32,33)/b12-5-,29-19+. The van der Waals surface area contributed by atoms with Crippen LogP contribution in [0, 0.1) is 0 Å². The summed E-state index contributed by atoms with van der Waals surface area (Å²) in [5.74, 6) is 0.946. The molecule has 35 heavy (non-hydrogen) atoms. The number of allylic oxidation sites excluding steroid dienone is 1. The number of hydrogen-bond acceptors (Lipinski definition) is 8. The molecule has 1 aliphatic heterocycles. The summed E-state index contributed by atoms with van der Waals surface area (Å²) in [5, 5.41) is 4.38. The van der Waals surface area contributed by atoms with Gasteiger partial charge in [-0.1, -0.05) is 31.7 Å². The third-order valence-electron chi connectivity index (χ3n) is 5.63. The molecule has 0 bridgehead atoms. The summed E-state index contributed by atoms with van der Waals surface area (Å²) in [4.78, 5) is 23.3. The quantitative estimate of drug-likeness (QED) is 0.307. The van der Waals surface area contributed by atoms with Crippen molar-refractivity contribution in [3.8, 4) is 6.01 Å². The number of H-pyrrole nitrogens is 1. The lowest BCUT2D eigenvalue weighted by molar-refractivity contribution is 0.294. The summed E-state index contributed by atoms with van der Waals surface area (Å²) < 4.78 is 5.88. The molecule has 0 saturated carbocycles. The second-order valence-corrected chi connectivity index (χ2v) is 8.16.